The Morgan fingerprint density at radius 2 is 1.83 bits per heavy atom. The molecule has 0 amide bonds. The van der Waals surface area contributed by atoms with Gasteiger partial charge >= 0.3 is 5.97 Å². The summed E-state index contributed by atoms with van der Waals surface area (Å²) in [5.41, 5.74) is -0.584. The van der Waals surface area contributed by atoms with E-state index >= 15 is 0 Å². The third kappa shape index (κ3) is 7.70. The van der Waals surface area contributed by atoms with E-state index in [0.29, 0.717) is 12.6 Å². The van der Waals surface area contributed by atoms with Gasteiger partial charge in [-0.3, -0.25) is 10.1 Å². The minimum atomic E-state index is -0.584. The van der Waals surface area contributed by atoms with Crippen molar-refractivity contribution < 1.29 is 9.53 Å². The van der Waals surface area contributed by atoms with Crippen LogP contribution in [0.3, 0.4) is 0 Å². The molecule has 1 unspecified atom stereocenters. The van der Waals surface area contributed by atoms with Crippen molar-refractivity contribution in [1.82, 2.24) is 5.32 Å². The van der Waals surface area contributed by atoms with Gasteiger partial charge in [-0.05, 0) is 33.6 Å². The highest BCUT2D eigenvalue weighted by Gasteiger charge is 2.30. The minimum absolute atomic E-state index is 0.148. The summed E-state index contributed by atoms with van der Waals surface area (Å²) in [6.07, 6.45) is 7.05. The monoisotopic (exact) mass is 257 g/mol. The Bertz CT molecular complexity index is 227. The zero-order valence-electron chi connectivity index (χ0n) is 12.8. The van der Waals surface area contributed by atoms with Gasteiger partial charge in [0.25, 0.3) is 0 Å². The molecule has 3 heteroatoms. The van der Waals surface area contributed by atoms with Crippen LogP contribution in [0.5, 0.6) is 0 Å². The highest BCUT2D eigenvalue weighted by molar-refractivity contribution is 5.79. The first kappa shape index (κ1) is 17.4. The second-order valence-electron chi connectivity index (χ2n) is 5.66. The van der Waals surface area contributed by atoms with E-state index < -0.39 is 5.54 Å². The van der Waals surface area contributed by atoms with Crippen molar-refractivity contribution in [2.45, 2.75) is 84.7 Å². The average Bonchev–Trinajstić information content (AvgIpc) is 2.31. The van der Waals surface area contributed by atoms with Gasteiger partial charge in [-0.2, -0.15) is 0 Å². The van der Waals surface area contributed by atoms with E-state index in [1.54, 1.807) is 0 Å². The molecular formula is C15H31NO2. The Morgan fingerprint density at radius 1 is 1.17 bits per heavy atom. The molecule has 0 aromatic carbocycles. The largest absolute Gasteiger partial charge is 0.464 e. The summed E-state index contributed by atoms with van der Waals surface area (Å²) in [7, 11) is 0. The number of carbonyl (C=O) groups is 1. The van der Waals surface area contributed by atoms with E-state index in [9.17, 15) is 4.79 Å². The van der Waals surface area contributed by atoms with Crippen LogP contribution in [0.15, 0.2) is 0 Å². The maximum absolute atomic E-state index is 11.9. The van der Waals surface area contributed by atoms with E-state index in [1.807, 2.05) is 20.8 Å². The summed E-state index contributed by atoms with van der Waals surface area (Å²) in [5.74, 6) is -0.148. The van der Waals surface area contributed by atoms with Crippen molar-refractivity contribution in [2.75, 3.05) is 6.61 Å². The lowest BCUT2D eigenvalue weighted by molar-refractivity contribution is -0.150. The molecule has 0 heterocycles. The van der Waals surface area contributed by atoms with Crippen molar-refractivity contribution in [1.29, 1.82) is 0 Å². The fraction of sp³-hybridized carbons (Fsp3) is 0.933. The molecule has 0 aliphatic rings. The molecular weight excluding hydrogens is 226 g/mol. The van der Waals surface area contributed by atoms with Crippen molar-refractivity contribution in [2.24, 2.45) is 0 Å². The van der Waals surface area contributed by atoms with Gasteiger partial charge in [-0.25, -0.2) is 0 Å². The predicted octanol–water partition coefficient (Wildman–Crippen LogP) is 3.67. The summed E-state index contributed by atoms with van der Waals surface area (Å²) in [5, 5.41) is 3.37. The zero-order valence-corrected chi connectivity index (χ0v) is 12.8. The topological polar surface area (TPSA) is 38.3 Å². The number of hydrogen-bond donors (Lipinski definition) is 1. The molecule has 0 aromatic heterocycles. The van der Waals surface area contributed by atoms with Gasteiger partial charge in [0.1, 0.15) is 5.54 Å². The summed E-state index contributed by atoms with van der Waals surface area (Å²) in [6, 6.07) is 0.353. The summed E-state index contributed by atoms with van der Waals surface area (Å²) in [6.45, 7) is 10.7. The molecule has 0 saturated heterocycles. The summed E-state index contributed by atoms with van der Waals surface area (Å²) < 4.78 is 5.20. The lowest BCUT2D eigenvalue weighted by atomic mass is 10.0. The lowest BCUT2D eigenvalue weighted by Gasteiger charge is -2.28. The third-order valence-electron chi connectivity index (χ3n) is 3.05. The fourth-order valence-corrected chi connectivity index (χ4v) is 2.00. The maximum atomic E-state index is 11.9. The molecule has 0 fully saturated rings. The Morgan fingerprint density at radius 3 is 2.39 bits per heavy atom. The van der Waals surface area contributed by atoms with Gasteiger partial charge in [0.15, 0.2) is 0 Å². The highest BCUT2D eigenvalue weighted by atomic mass is 16.5. The van der Waals surface area contributed by atoms with E-state index in [-0.39, 0.29) is 5.97 Å². The van der Waals surface area contributed by atoms with Crippen molar-refractivity contribution in [3.05, 3.63) is 0 Å². The minimum Gasteiger partial charge on any atom is -0.464 e. The molecule has 0 spiro atoms. The van der Waals surface area contributed by atoms with Crippen LogP contribution in [-0.4, -0.2) is 24.2 Å². The number of carbonyl (C=O) groups excluding carboxylic acids is 1. The Balaban J connectivity index is 3.94. The van der Waals surface area contributed by atoms with Gasteiger partial charge in [-0.15, -0.1) is 0 Å². The maximum Gasteiger partial charge on any atom is 0.325 e. The van der Waals surface area contributed by atoms with E-state index in [4.69, 9.17) is 4.74 Å². The van der Waals surface area contributed by atoms with Gasteiger partial charge in [0.2, 0.25) is 0 Å². The number of esters is 1. The number of ether oxygens (including phenoxy) is 1. The highest BCUT2D eigenvalue weighted by Crippen LogP contribution is 2.11. The quantitative estimate of drug-likeness (QED) is 0.479. The molecule has 3 nitrogen and oxygen atoms in total. The number of nitrogens with one attached hydrogen (secondary N) is 1. The van der Waals surface area contributed by atoms with Crippen LogP contribution in [0.25, 0.3) is 0 Å². The first-order chi connectivity index (χ1) is 8.44. The van der Waals surface area contributed by atoms with Gasteiger partial charge < -0.3 is 4.74 Å². The normalized spacial score (nSPS) is 13.4. The van der Waals surface area contributed by atoms with Crippen molar-refractivity contribution in [3.8, 4) is 0 Å². The second-order valence-corrected chi connectivity index (χ2v) is 5.66. The number of hydrogen-bond acceptors (Lipinski definition) is 3. The van der Waals surface area contributed by atoms with E-state index in [0.717, 1.165) is 12.8 Å². The molecule has 1 atom stereocenters. The second kappa shape index (κ2) is 9.37. The molecule has 0 aromatic rings. The SMILES string of the molecule is CCCCCCC(C)NC(C)(C)C(=O)OCCC. The molecule has 0 rings (SSSR count). The molecule has 0 saturated carbocycles. The van der Waals surface area contributed by atoms with Crippen LogP contribution in [0.2, 0.25) is 0 Å². The Labute approximate surface area is 113 Å². The van der Waals surface area contributed by atoms with Crippen LogP contribution >= 0.6 is 0 Å². The van der Waals surface area contributed by atoms with Gasteiger partial charge in [0.05, 0.1) is 6.61 Å². The zero-order chi connectivity index (χ0) is 14.0. The van der Waals surface area contributed by atoms with Crippen LogP contribution in [0, 0.1) is 0 Å². The smallest absolute Gasteiger partial charge is 0.325 e. The van der Waals surface area contributed by atoms with Gasteiger partial charge in [0, 0.05) is 6.04 Å². The molecule has 0 radical (unpaired) electrons. The summed E-state index contributed by atoms with van der Waals surface area (Å²) >= 11 is 0. The molecule has 18 heavy (non-hydrogen) atoms. The Hall–Kier alpha value is -0.570. The van der Waals surface area contributed by atoms with Crippen molar-refractivity contribution in [3.63, 3.8) is 0 Å². The third-order valence-corrected chi connectivity index (χ3v) is 3.05. The lowest BCUT2D eigenvalue weighted by Crippen LogP contribution is -2.51. The van der Waals surface area contributed by atoms with Crippen LogP contribution < -0.4 is 5.32 Å². The van der Waals surface area contributed by atoms with Crippen LogP contribution in [-0.2, 0) is 9.53 Å². The van der Waals surface area contributed by atoms with E-state index in [1.165, 1.54) is 25.7 Å². The average molecular weight is 257 g/mol. The predicted molar refractivity (Wildman–Crippen MR) is 76.7 cm³/mol. The summed E-state index contributed by atoms with van der Waals surface area (Å²) in [4.78, 5) is 11.9. The van der Waals surface area contributed by atoms with Gasteiger partial charge in [-0.1, -0.05) is 39.5 Å². The van der Waals surface area contributed by atoms with Crippen LogP contribution in [0.1, 0.15) is 73.1 Å². The molecule has 0 bridgehead atoms. The fourth-order valence-electron chi connectivity index (χ4n) is 2.00. The first-order valence-electron chi connectivity index (χ1n) is 7.39. The standard InChI is InChI=1S/C15H31NO2/c1-6-8-9-10-11-13(3)16-15(4,5)14(17)18-12-7-2/h13,16H,6-12H2,1-5H3. The molecule has 0 aliphatic heterocycles. The van der Waals surface area contributed by atoms with E-state index in [2.05, 4.69) is 19.2 Å². The van der Waals surface area contributed by atoms with Crippen LogP contribution in [0.4, 0.5) is 0 Å². The van der Waals surface area contributed by atoms with Crippen molar-refractivity contribution >= 4 is 5.97 Å². The molecule has 1 N–H and O–H groups in total. The number of rotatable bonds is 10. The Kier molecular flexibility index (Phi) is 9.08. The molecule has 108 valence electrons. The molecule has 0 aliphatic carbocycles. The first-order valence-corrected chi connectivity index (χ1v) is 7.39. The number of unbranched alkanes of at least 4 members (excludes halogenated alkanes) is 3.